The molecule has 1 fully saturated rings. The smallest absolute Gasteiger partial charge is 0.0752 e. The SMILES string of the molecule is CC1CC(O)(CCc2ccnn2C)CS1. The summed E-state index contributed by atoms with van der Waals surface area (Å²) in [5, 5.41) is 15.0. The largest absolute Gasteiger partial charge is 0.389 e. The second-order valence-corrected chi connectivity index (χ2v) is 5.92. The molecule has 1 saturated heterocycles. The van der Waals surface area contributed by atoms with Crippen molar-refractivity contribution in [3.05, 3.63) is 18.0 Å². The second-order valence-electron chi connectivity index (χ2n) is 4.50. The molecule has 2 unspecified atom stereocenters. The highest BCUT2D eigenvalue weighted by molar-refractivity contribution is 8.00. The van der Waals surface area contributed by atoms with E-state index in [-0.39, 0.29) is 0 Å². The molecule has 1 N–H and O–H groups in total. The number of thioether (sulfide) groups is 1. The lowest BCUT2D eigenvalue weighted by Gasteiger charge is -2.21. The van der Waals surface area contributed by atoms with Crippen molar-refractivity contribution >= 4 is 11.8 Å². The monoisotopic (exact) mass is 226 g/mol. The van der Waals surface area contributed by atoms with E-state index in [1.165, 1.54) is 5.69 Å². The molecule has 2 rings (SSSR count). The number of hydrogen-bond donors (Lipinski definition) is 1. The van der Waals surface area contributed by atoms with E-state index in [0.717, 1.165) is 25.0 Å². The van der Waals surface area contributed by atoms with Gasteiger partial charge in [0.1, 0.15) is 0 Å². The lowest BCUT2D eigenvalue weighted by atomic mass is 9.94. The first-order valence-corrected chi connectivity index (χ1v) is 6.45. The van der Waals surface area contributed by atoms with Gasteiger partial charge in [-0.1, -0.05) is 6.92 Å². The van der Waals surface area contributed by atoms with Gasteiger partial charge in [-0.2, -0.15) is 16.9 Å². The number of aliphatic hydroxyl groups is 1. The van der Waals surface area contributed by atoms with Crippen LogP contribution in [0, 0.1) is 0 Å². The van der Waals surface area contributed by atoms with Gasteiger partial charge in [-0.05, 0) is 25.3 Å². The molecule has 2 heterocycles. The zero-order valence-corrected chi connectivity index (χ0v) is 10.1. The van der Waals surface area contributed by atoms with E-state index < -0.39 is 5.60 Å². The number of rotatable bonds is 3. The van der Waals surface area contributed by atoms with Crippen LogP contribution < -0.4 is 0 Å². The maximum Gasteiger partial charge on any atom is 0.0752 e. The van der Waals surface area contributed by atoms with Gasteiger partial charge in [0, 0.05) is 29.9 Å². The van der Waals surface area contributed by atoms with Crippen molar-refractivity contribution in [2.45, 2.75) is 37.0 Å². The van der Waals surface area contributed by atoms with E-state index in [1.54, 1.807) is 0 Å². The van der Waals surface area contributed by atoms with Gasteiger partial charge in [-0.25, -0.2) is 0 Å². The summed E-state index contributed by atoms with van der Waals surface area (Å²) < 4.78 is 1.88. The lowest BCUT2D eigenvalue weighted by Crippen LogP contribution is -2.29. The summed E-state index contributed by atoms with van der Waals surface area (Å²) in [4.78, 5) is 0. The van der Waals surface area contributed by atoms with Gasteiger partial charge < -0.3 is 5.11 Å². The van der Waals surface area contributed by atoms with Crippen molar-refractivity contribution in [2.24, 2.45) is 7.05 Å². The van der Waals surface area contributed by atoms with Crippen LogP contribution in [0.3, 0.4) is 0 Å². The summed E-state index contributed by atoms with van der Waals surface area (Å²) in [7, 11) is 1.95. The van der Waals surface area contributed by atoms with Crippen LogP contribution in [-0.4, -0.2) is 31.5 Å². The molecule has 84 valence electrons. The van der Waals surface area contributed by atoms with Crippen LogP contribution in [0.25, 0.3) is 0 Å². The fourth-order valence-electron chi connectivity index (χ4n) is 2.13. The van der Waals surface area contributed by atoms with Gasteiger partial charge in [0.15, 0.2) is 0 Å². The molecule has 1 aliphatic rings. The van der Waals surface area contributed by atoms with Crippen LogP contribution in [-0.2, 0) is 13.5 Å². The van der Waals surface area contributed by atoms with Gasteiger partial charge in [-0.3, -0.25) is 4.68 Å². The normalized spacial score (nSPS) is 31.0. The summed E-state index contributed by atoms with van der Waals surface area (Å²) in [6.45, 7) is 2.19. The molecule has 0 bridgehead atoms. The maximum absolute atomic E-state index is 10.3. The second kappa shape index (κ2) is 4.18. The highest BCUT2D eigenvalue weighted by Gasteiger charge is 2.35. The third-order valence-electron chi connectivity index (χ3n) is 3.07. The molecule has 15 heavy (non-hydrogen) atoms. The molecule has 1 aliphatic heterocycles. The molecule has 0 spiro atoms. The standard InChI is InChI=1S/C11H18N2OS/c1-9-7-11(14,8-15-9)5-3-10-4-6-12-13(10)2/h4,6,9,14H,3,5,7-8H2,1-2H3. The molecule has 0 aliphatic carbocycles. The zero-order chi connectivity index (χ0) is 10.9. The molecule has 0 radical (unpaired) electrons. The van der Waals surface area contributed by atoms with Gasteiger partial charge in [-0.15, -0.1) is 0 Å². The average Bonchev–Trinajstić information content (AvgIpc) is 2.71. The maximum atomic E-state index is 10.3. The topological polar surface area (TPSA) is 38.1 Å². The molecule has 2 atom stereocenters. The van der Waals surface area contributed by atoms with Crippen LogP contribution in [0.2, 0.25) is 0 Å². The van der Waals surface area contributed by atoms with Crippen molar-refractivity contribution in [3.8, 4) is 0 Å². The predicted molar refractivity (Wildman–Crippen MR) is 63.0 cm³/mol. The predicted octanol–water partition coefficient (Wildman–Crippen LogP) is 1.61. The Kier molecular flexibility index (Phi) is 3.07. The van der Waals surface area contributed by atoms with E-state index in [0.29, 0.717) is 5.25 Å². The molecule has 0 saturated carbocycles. The third kappa shape index (κ3) is 2.55. The summed E-state index contributed by atoms with van der Waals surface area (Å²) in [6, 6.07) is 2.02. The highest BCUT2D eigenvalue weighted by Crippen LogP contribution is 2.36. The Bertz CT molecular complexity index is 339. The number of hydrogen-bond acceptors (Lipinski definition) is 3. The fraction of sp³-hybridized carbons (Fsp3) is 0.727. The Balaban J connectivity index is 1.91. The first kappa shape index (κ1) is 11.0. The summed E-state index contributed by atoms with van der Waals surface area (Å²) in [6.07, 6.45) is 4.51. The average molecular weight is 226 g/mol. The number of aryl methyl sites for hydroxylation is 2. The highest BCUT2D eigenvalue weighted by atomic mass is 32.2. The first-order chi connectivity index (χ1) is 7.09. The number of nitrogens with zero attached hydrogens (tertiary/aromatic N) is 2. The quantitative estimate of drug-likeness (QED) is 0.851. The van der Waals surface area contributed by atoms with Crippen molar-refractivity contribution in [1.29, 1.82) is 0 Å². The van der Waals surface area contributed by atoms with Gasteiger partial charge in [0.25, 0.3) is 0 Å². The van der Waals surface area contributed by atoms with E-state index in [2.05, 4.69) is 12.0 Å². The van der Waals surface area contributed by atoms with E-state index in [9.17, 15) is 5.11 Å². The Labute approximate surface area is 94.9 Å². The van der Waals surface area contributed by atoms with Crippen molar-refractivity contribution < 1.29 is 5.11 Å². The summed E-state index contributed by atoms with van der Waals surface area (Å²) in [5.74, 6) is 0.881. The van der Waals surface area contributed by atoms with Crippen LogP contribution in [0.4, 0.5) is 0 Å². The Morgan fingerprint density at radius 3 is 3.07 bits per heavy atom. The third-order valence-corrected chi connectivity index (χ3v) is 4.51. The van der Waals surface area contributed by atoms with Gasteiger partial charge >= 0.3 is 0 Å². The minimum atomic E-state index is -0.450. The van der Waals surface area contributed by atoms with Crippen molar-refractivity contribution in [2.75, 3.05) is 5.75 Å². The molecule has 1 aromatic heterocycles. The Morgan fingerprint density at radius 2 is 2.53 bits per heavy atom. The van der Waals surface area contributed by atoms with Gasteiger partial charge in [0.05, 0.1) is 5.60 Å². The Hall–Kier alpha value is -0.480. The molecule has 0 aromatic carbocycles. The Morgan fingerprint density at radius 1 is 1.73 bits per heavy atom. The fourth-order valence-corrected chi connectivity index (χ4v) is 3.42. The molecule has 3 nitrogen and oxygen atoms in total. The van der Waals surface area contributed by atoms with E-state index in [4.69, 9.17) is 0 Å². The summed E-state index contributed by atoms with van der Waals surface area (Å²) >= 11 is 1.87. The number of aromatic nitrogens is 2. The van der Waals surface area contributed by atoms with E-state index in [1.807, 2.05) is 35.8 Å². The minimum Gasteiger partial charge on any atom is -0.389 e. The minimum absolute atomic E-state index is 0.450. The molecule has 4 heteroatoms. The van der Waals surface area contributed by atoms with E-state index >= 15 is 0 Å². The van der Waals surface area contributed by atoms with Crippen molar-refractivity contribution in [1.82, 2.24) is 9.78 Å². The van der Waals surface area contributed by atoms with Crippen LogP contribution in [0.15, 0.2) is 12.3 Å². The molecule has 1 aromatic rings. The van der Waals surface area contributed by atoms with Gasteiger partial charge in [0.2, 0.25) is 0 Å². The zero-order valence-electron chi connectivity index (χ0n) is 9.31. The van der Waals surface area contributed by atoms with Crippen molar-refractivity contribution in [3.63, 3.8) is 0 Å². The van der Waals surface area contributed by atoms with Crippen LogP contribution >= 0.6 is 11.8 Å². The summed E-state index contributed by atoms with van der Waals surface area (Å²) in [5.41, 5.74) is 0.752. The lowest BCUT2D eigenvalue weighted by molar-refractivity contribution is 0.0546. The molecule has 0 amide bonds. The van der Waals surface area contributed by atoms with Crippen LogP contribution in [0.5, 0.6) is 0 Å². The molecular formula is C11H18N2OS. The molecular weight excluding hydrogens is 208 g/mol. The first-order valence-electron chi connectivity index (χ1n) is 5.40. The van der Waals surface area contributed by atoms with Crippen LogP contribution in [0.1, 0.15) is 25.5 Å².